The van der Waals surface area contributed by atoms with E-state index in [1.54, 1.807) is 0 Å². The minimum atomic E-state index is 0.201. The Labute approximate surface area is 116 Å². The molecule has 0 aliphatic carbocycles. The molecule has 0 radical (unpaired) electrons. The van der Waals surface area contributed by atoms with Crippen LogP contribution in [0.3, 0.4) is 0 Å². The maximum Gasteiger partial charge on any atom is 0.227 e. The largest absolute Gasteiger partial charge is 0.399 e. The summed E-state index contributed by atoms with van der Waals surface area (Å²) in [6, 6.07) is 7.54. The molecular weight excluding hydrogens is 236 g/mol. The van der Waals surface area contributed by atoms with Crippen LogP contribution in [0.4, 0.5) is 5.69 Å². The van der Waals surface area contributed by atoms with Crippen LogP contribution in [0.15, 0.2) is 24.3 Å². The third-order valence-electron chi connectivity index (χ3n) is 2.86. The van der Waals surface area contributed by atoms with Crippen molar-refractivity contribution in [3.8, 4) is 0 Å². The number of amides is 1. The van der Waals surface area contributed by atoms with Gasteiger partial charge in [0.1, 0.15) is 0 Å². The number of nitrogens with two attached hydrogens (primary N) is 1. The van der Waals surface area contributed by atoms with Crippen LogP contribution in [0.5, 0.6) is 0 Å². The molecule has 1 rings (SSSR count). The Hall–Kier alpha value is -1.51. The topological polar surface area (TPSA) is 46.3 Å². The quantitative estimate of drug-likeness (QED) is 0.801. The molecule has 0 aromatic heterocycles. The number of anilines is 1. The van der Waals surface area contributed by atoms with E-state index in [1.165, 1.54) is 0 Å². The number of carbonyl (C=O) groups excluding carboxylic acids is 1. The fourth-order valence-corrected chi connectivity index (χ4v) is 2.08. The summed E-state index contributed by atoms with van der Waals surface area (Å²) in [6.07, 6.45) is 0.458. The molecular formula is C16H26N2O. The molecule has 0 aliphatic heterocycles. The molecule has 3 heteroatoms. The molecule has 19 heavy (non-hydrogen) atoms. The van der Waals surface area contributed by atoms with E-state index in [2.05, 4.69) is 27.7 Å². The monoisotopic (exact) mass is 262 g/mol. The van der Waals surface area contributed by atoms with Gasteiger partial charge in [0.25, 0.3) is 0 Å². The van der Waals surface area contributed by atoms with Gasteiger partial charge in [0.2, 0.25) is 5.91 Å². The Balaban J connectivity index is 2.67. The highest BCUT2D eigenvalue weighted by molar-refractivity contribution is 5.78. The fraction of sp³-hybridized carbons (Fsp3) is 0.562. The predicted molar refractivity (Wildman–Crippen MR) is 80.8 cm³/mol. The van der Waals surface area contributed by atoms with Crippen molar-refractivity contribution in [3.63, 3.8) is 0 Å². The smallest absolute Gasteiger partial charge is 0.227 e. The summed E-state index contributed by atoms with van der Waals surface area (Å²) in [4.78, 5) is 14.3. The molecule has 0 aliphatic rings. The second-order valence-corrected chi connectivity index (χ2v) is 6.00. The van der Waals surface area contributed by atoms with Gasteiger partial charge in [-0.1, -0.05) is 39.8 Å². The van der Waals surface area contributed by atoms with Crippen LogP contribution in [-0.2, 0) is 11.2 Å². The number of nitrogen functional groups attached to an aromatic ring is 1. The van der Waals surface area contributed by atoms with Crippen molar-refractivity contribution in [2.45, 2.75) is 34.1 Å². The molecule has 0 unspecified atom stereocenters. The van der Waals surface area contributed by atoms with Gasteiger partial charge in [-0.05, 0) is 29.5 Å². The van der Waals surface area contributed by atoms with Gasteiger partial charge >= 0.3 is 0 Å². The van der Waals surface area contributed by atoms with Gasteiger partial charge in [-0.3, -0.25) is 4.79 Å². The molecule has 0 fully saturated rings. The van der Waals surface area contributed by atoms with Crippen molar-refractivity contribution in [1.82, 2.24) is 4.90 Å². The van der Waals surface area contributed by atoms with E-state index in [4.69, 9.17) is 5.73 Å². The zero-order valence-electron chi connectivity index (χ0n) is 12.5. The normalized spacial score (nSPS) is 11.1. The highest BCUT2D eigenvalue weighted by atomic mass is 16.2. The highest BCUT2D eigenvalue weighted by Gasteiger charge is 2.16. The number of hydrogen-bond donors (Lipinski definition) is 1. The lowest BCUT2D eigenvalue weighted by molar-refractivity contribution is -0.131. The summed E-state index contributed by atoms with van der Waals surface area (Å²) in [5.74, 6) is 1.19. The summed E-state index contributed by atoms with van der Waals surface area (Å²) in [7, 11) is 0. The van der Waals surface area contributed by atoms with Crippen molar-refractivity contribution < 1.29 is 4.79 Å². The minimum absolute atomic E-state index is 0.201. The highest BCUT2D eigenvalue weighted by Crippen LogP contribution is 2.10. The third kappa shape index (κ3) is 5.77. The van der Waals surface area contributed by atoms with Crippen molar-refractivity contribution in [2.24, 2.45) is 11.8 Å². The van der Waals surface area contributed by atoms with Crippen LogP contribution in [-0.4, -0.2) is 23.9 Å². The van der Waals surface area contributed by atoms with Gasteiger partial charge in [-0.25, -0.2) is 0 Å². The Bertz CT molecular complexity index is 386. The molecule has 3 nitrogen and oxygen atoms in total. The first-order chi connectivity index (χ1) is 8.88. The molecule has 0 saturated heterocycles. The van der Waals surface area contributed by atoms with Crippen LogP contribution in [0, 0.1) is 11.8 Å². The van der Waals surface area contributed by atoms with Gasteiger partial charge in [0.15, 0.2) is 0 Å². The van der Waals surface area contributed by atoms with Gasteiger partial charge in [-0.15, -0.1) is 0 Å². The molecule has 0 atom stereocenters. The third-order valence-corrected chi connectivity index (χ3v) is 2.86. The zero-order chi connectivity index (χ0) is 14.4. The molecule has 1 aromatic carbocycles. The van der Waals surface area contributed by atoms with Crippen LogP contribution in [0.2, 0.25) is 0 Å². The van der Waals surface area contributed by atoms with Crippen molar-refractivity contribution in [3.05, 3.63) is 29.8 Å². The average Bonchev–Trinajstić information content (AvgIpc) is 2.30. The lowest BCUT2D eigenvalue weighted by Gasteiger charge is -2.26. The number of nitrogens with zero attached hydrogens (tertiary/aromatic N) is 1. The summed E-state index contributed by atoms with van der Waals surface area (Å²) < 4.78 is 0. The van der Waals surface area contributed by atoms with E-state index >= 15 is 0 Å². The molecule has 0 heterocycles. The summed E-state index contributed by atoms with van der Waals surface area (Å²) in [5, 5.41) is 0. The van der Waals surface area contributed by atoms with Gasteiger partial charge < -0.3 is 10.6 Å². The van der Waals surface area contributed by atoms with E-state index in [-0.39, 0.29) is 5.91 Å². The minimum Gasteiger partial charge on any atom is -0.399 e. The summed E-state index contributed by atoms with van der Waals surface area (Å²) in [5.41, 5.74) is 7.41. The number of benzene rings is 1. The second kappa shape index (κ2) is 7.17. The van der Waals surface area contributed by atoms with E-state index in [0.29, 0.717) is 18.3 Å². The maximum atomic E-state index is 12.4. The number of carbonyl (C=O) groups is 1. The molecule has 0 bridgehead atoms. The standard InChI is InChI=1S/C16H26N2O/c1-12(2)10-18(11-13(3)4)16(19)9-14-5-7-15(17)8-6-14/h5-8,12-13H,9-11,17H2,1-4H3. The van der Waals surface area contributed by atoms with Crippen LogP contribution >= 0.6 is 0 Å². The van der Waals surface area contributed by atoms with E-state index in [0.717, 1.165) is 24.3 Å². The zero-order valence-corrected chi connectivity index (χ0v) is 12.5. The van der Waals surface area contributed by atoms with E-state index in [1.807, 2.05) is 29.2 Å². The van der Waals surface area contributed by atoms with Crippen LogP contribution in [0.25, 0.3) is 0 Å². The Morgan fingerprint density at radius 3 is 1.95 bits per heavy atom. The average molecular weight is 262 g/mol. The molecule has 1 aromatic rings. The molecule has 0 saturated carbocycles. The number of rotatable bonds is 6. The Morgan fingerprint density at radius 1 is 1.05 bits per heavy atom. The second-order valence-electron chi connectivity index (χ2n) is 6.00. The van der Waals surface area contributed by atoms with Crippen molar-refractivity contribution in [2.75, 3.05) is 18.8 Å². The first-order valence-electron chi connectivity index (χ1n) is 7.00. The lowest BCUT2D eigenvalue weighted by Crippen LogP contribution is -2.37. The summed E-state index contributed by atoms with van der Waals surface area (Å²) >= 11 is 0. The van der Waals surface area contributed by atoms with Crippen LogP contribution < -0.4 is 5.73 Å². The molecule has 2 N–H and O–H groups in total. The van der Waals surface area contributed by atoms with Gasteiger partial charge in [0.05, 0.1) is 6.42 Å². The Kier molecular flexibility index (Phi) is 5.87. The SMILES string of the molecule is CC(C)CN(CC(C)C)C(=O)Cc1ccc(N)cc1. The molecule has 1 amide bonds. The predicted octanol–water partition coefficient (Wildman–Crippen LogP) is 2.95. The van der Waals surface area contributed by atoms with E-state index < -0.39 is 0 Å². The number of hydrogen-bond acceptors (Lipinski definition) is 2. The fourth-order valence-electron chi connectivity index (χ4n) is 2.08. The van der Waals surface area contributed by atoms with Crippen LogP contribution in [0.1, 0.15) is 33.3 Å². The summed E-state index contributed by atoms with van der Waals surface area (Å²) in [6.45, 7) is 10.2. The lowest BCUT2D eigenvalue weighted by atomic mass is 10.1. The van der Waals surface area contributed by atoms with Gasteiger partial charge in [0, 0.05) is 18.8 Å². The van der Waals surface area contributed by atoms with Crippen molar-refractivity contribution in [1.29, 1.82) is 0 Å². The van der Waals surface area contributed by atoms with E-state index in [9.17, 15) is 4.79 Å². The maximum absolute atomic E-state index is 12.4. The van der Waals surface area contributed by atoms with Crippen molar-refractivity contribution >= 4 is 11.6 Å². The first kappa shape index (κ1) is 15.5. The molecule has 106 valence electrons. The van der Waals surface area contributed by atoms with Gasteiger partial charge in [-0.2, -0.15) is 0 Å². The Morgan fingerprint density at radius 2 is 1.53 bits per heavy atom. The molecule has 0 spiro atoms. The first-order valence-corrected chi connectivity index (χ1v) is 7.00.